The van der Waals surface area contributed by atoms with Crippen LogP contribution in [0.25, 0.3) is 0 Å². The molecule has 0 aromatic carbocycles. The van der Waals surface area contributed by atoms with Crippen molar-refractivity contribution in [3.05, 3.63) is 11.9 Å². The zero-order valence-electron chi connectivity index (χ0n) is 6.97. The number of hydrogen-bond donors (Lipinski definition) is 1. The smallest absolute Gasteiger partial charge is 0.364 e. The molecule has 3 heteroatoms. The summed E-state index contributed by atoms with van der Waals surface area (Å²) in [5.41, 5.74) is 0. The van der Waals surface area contributed by atoms with Gasteiger partial charge in [0.2, 0.25) is 5.83 Å². The Bertz CT molecular complexity index is 173. The normalized spacial score (nSPS) is 15.2. The maximum atomic E-state index is 12.4. The minimum atomic E-state index is -1.49. The first-order valence-corrected chi connectivity index (χ1v) is 3.55. The van der Waals surface area contributed by atoms with Gasteiger partial charge in [-0.25, -0.2) is 4.79 Å². The van der Waals surface area contributed by atoms with Crippen molar-refractivity contribution >= 4 is 5.97 Å². The Morgan fingerprint density at radius 1 is 1.45 bits per heavy atom. The average Bonchev–Trinajstić information content (AvgIpc) is 1.87. The maximum Gasteiger partial charge on any atom is 0.364 e. The lowest BCUT2D eigenvalue weighted by Gasteiger charge is -2.08. The number of hydrogen-bond acceptors (Lipinski definition) is 1. The van der Waals surface area contributed by atoms with Crippen molar-refractivity contribution in [2.75, 3.05) is 0 Å². The number of carbonyl (C=O) groups is 1. The molecule has 0 radical (unpaired) electrons. The van der Waals surface area contributed by atoms with Crippen LogP contribution in [0.5, 0.6) is 0 Å². The second-order valence-corrected chi connectivity index (χ2v) is 2.92. The number of aliphatic carboxylic acids is 1. The van der Waals surface area contributed by atoms with Crippen LogP contribution in [-0.2, 0) is 4.79 Å². The summed E-state index contributed by atoms with van der Waals surface area (Å²) in [7, 11) is 0. The fraction of sp³-hybridized carbons (Fsp3) is 0.625. The van der Waals surface area contributed by atoms with Gasteiger partial charge >= 0.3 is 5.97 Å². The predicted molar refractivity (Wildman–Crippen MR) is 40.8 cm³/mol. The molecule has 1 N–H and O–H groups in total. The second-order valence-electron chi connectivity index (χ2n) is 2.92. The van der Waals surface area contributed by atoms with E-state index in [2.05, 4.69) is 0 Å². The molecule has 0 amide bonds. The number of rotatable bonds is 3. The van der Waals surface area contributed by atoms with E-state index in [1.165, 1.54) is 0 Å². The molecule has 0 aromatic rings. The second kappa shape index (κ2) is 4.11. The molecule has 1 atom stereocenters. The van der Waals surface area contributed by atoms with E-state index in [4.69, 9.17) is 5.11 Å². The lowest BCUT2D eigenvalue weighted by molar-refractivity contribution is -0.134. The molecule has 64 valence electrons. The third-order valence-electron chi connectivity index (χ3n) is 1.67. The molecular weight excluding hydrogens is 147 g/mol. The molecule has 0 spiro atoms. The van der Waals surface area contributed by atoms with Crippen LogP contribution in [0.3, 0.4) is 0 Å². The van der Waals surface area contributed by atoms with Crippen LogP contribution in [0.2, 0.25) is 0 Å². The highest BCUT2D eigenvalue weighted by molar-refractivity contribution is 5.83. The van der Waals surface area contributed by atoms with E-state index < -0.39 is 11.8 Å². The molecule has 0 saturated heterocycles. The summed E-state index contributed by atoms with van der Waals surface area (Å²) >= 11 is 0. The Labute approximate surface area is 65.7 Å². The van der Waals surface area contributed by atoms with E-state index in [1.54, 1.807) is 6.92 Å². The molecule has 0 aliphatic carbocycles. The van der Waals surface area contributed by atoms with Gasteiger partial charge in [-0.05, 0) is 17.9 Å². The Balaban J connectivity index is 4.19. The molecule has 0 rings (SSSR count). The van der Waals surface area contributed by atoms with Gasteiger partial charge in [-0.1, -0.05) is 20.8 Å². The average molecular weight is 160 g/mol. The van der Waals surface area contributed by atoms with Crippen molar-refractivity contribution in [1.82, 2.24) is 0 Å². The summed E-state index contributed by atoms with van der Waals surface area (Å²) < 4.78 is 12.4. The van der Waals surface area contributed by atoms with Crippen LogP contribution >= 0.6 is 0 Å². The van der Waals surface area contributed by atoms with E-state index in [9.17, 15) is 9.18 Å². The first kappa shape index (κ1) is 10.1. The molecule has 0 heterocycles. The Morgan fingerprint density at radius 3 is 2.18 bits per heavy atom. The molecule has 1 unspecified atom stereocenters. The van der Waals surface area contributed by atoms with Crippen LogP contribution in [0, 0.1) is 11.8 Å². The molecule has 0 fully saturated rings. The van der Waals surface area contributed by atoms with E-state index in [0.29, 0.717) is 0 Å². The zero-order valence-corrected chi connectivity index (χ0v) is 6.97. The number of allylic oxidation sites excluding steroid dienone is 1. The lowest BCUT2D eigenvalue weighted by atomic mass is 9.98. The third kappa shape index (κ3) is 3.75. The molecule has 0 aromatic heterocycles. The zero-order chi connectivity index (χ0) is 9.02. The molecule has 0 aliphatic rings. The summed E-state index contributed by atoms with van der Waals surface area (Å²) in [5.74, 6) is -2.32. The van der Waals surface area contributed by atoms with Crippen LogP contribution < -0.4 is 0 Å². The van der Waals surface area contributed by atoms with Gasteiger partial charge in [-0.15, -0.1) is 0 Å². The molecule has 11 heavy (non-hydrogen) atoms. The van der Waals surface area contributed by atoms with Gasteiger partial charge in [0.1, 0.15) is 0 Å². The lowest BCUT2D eigenvalue weighted by Crippen LogP contribution is -2.03. The van der Waals surface area contributed by atoms with Gasteiger partial charge in [0.05, 0.1) is 0 Å². The first-order chi connectivity index (χ1) is 4.95. The van der Waals surface area contributed by atoms with Crippen molar-refractivity contribution in [1.29, 1.82) is 0 Å². The van der Waals surface area contributed by atoms with Crippen molar-refractivity contribution in [2.45, 2.75) is 20.8 Å². The van der Waals surface area contributed by atoms with Crippen LogP contribution in [0.15, 0.2) is 11.9 Å². The number of carboxylic acid groups (broad SMARTS) is 1. The predicted octanol–water partition coefficient (Wildman–Crippen LogP) is 2.22. The van der Waals surface area contributed by atoms with Gasteiger partial charge in [0.25, 0.3) is 0 Å². The first-order valence-electron chi connectivity index (χ1n) is 3.55. The fourth-order valence-electron chi connectivity index (χ4n) is 0.495. The van der Waals surface area contributed by atoms with E-state index >= 15 is 0 Å². The highest BCUT2D eigenvalue weighted by atomic mass is 19.1. The van der Waals surface area contributed by atoms with Crippen molar-refractivity contribution in [3.8, 4) is 0 Å². The Hall–Kier alpha value is -0.860. The molecule has 2 nitrogen and oxygen atoms in total. The van der Waals surface area contributed by atoms with Gasteiger partial charge in [-0.3, -0.25) is 0 Å². The van der Waals surface area contributed by atoms with Crippen LogP contribution in [0.4, 0.5) is 4.39 Å². The van der Waals surface area contributed by atoms with Crippen LogP contribution in [-0.4, -0.2) is 11.1 Å². The number of halogens is 1. The molecule has 0 saturated carbocycles. The molecular formula is C8H13FO2. The maximum absolute atomic E-state index is 12.4. The largest absolute Gasteiger partial charge is 0.476 e. The van der Waals surface area contributed by atoms with E-state index in [-0.39, 0.29) is 11.8 Å². The minimum absolute atomic E-state index is 0.0360. The van der Waals surface area contributed by atoms with Gasteiger partial charge < -0.3 is 5.11 Å². The van der Waals surface area contributed by atoms with Crippen molar-refractivity contribution in [3.63, 3.8) is 0 Å². The highest BCUT2D eigenvalue weighted by Gasteiger charge is 2.10. The van der Waals surface area contributed by atoms with Crippen molar-refractivity contribution < 1.29 is 14.3 Å². The van der Waals surface area contributed by atoms with E-state index in [0.717, 1.165) is 6.08 Å². The monoisotopic (exact) mass is 160 g/mol. The topological polar surface area (TPSA) is 37.3 Å². The summed E-state index contributed by atoms with van der Waals surface area (Å²) in [6, 6.07) is 0. The quantitative estimate of drug-likeness (QED) is 0.643. The summed E-state index contributed by atoms with van der Waals surface area (Å²) in [6.45, 7) is 5.61. The Kier molecular flexibility index (Phi) is 3.79. The van der Waals surface area contributed by atoms with Gasteiger partial charge in [0.15, 0.2) is 0 Å². The Morgan fingerprint density at radius 2 is 1.91 bits per heavy atom. The van der Waals surface area contributed by atoms with Crippen LogP contribution in [0.1, 0.15) is 20.8 Å². The standard InChI is InChI=1S/C8H13FO2/c1-5(2)6(3)4-7(9)8(10)11/h4-6H,1-3H3,(H,10,11)/b7-4+. The SMILES string of the molecule is CC(C)C(C)/C=C(/F)C(=O)O. The minimum Gasteiger partial charge on any atom is -0.476 e. The van der Waals surface area contributed by atoms with E-state index in [1.807, 2.05) is 13.8 Å². The summed E-state index contributed by atoms with van der Waals surface area (Å²) in [4.78, 5) is 10.0. The highest BCUT2D eigenvalue weighted by Crippen LogP contribution is 2.13. The van der Waals surface area contributed by atoms with Crippen molar-refractivity contribution in [2.24, 2.45) is 11.8 Å². The van der Waals surface area contributed by atoms with Gasteiger partial charge in [0, 0.05) is 0 Å². The summed E-state index contributed by atoms with van der Waals surface area (Å²) in [6.07, 6.45) is 1.13. The third-order valence-corrected chi connectivity index (χ3v) is 1.67. The number of carboxylic acids is 1. The molecule has 0 bridgehead atoms. The van der Waals surface area contributed by atoms with Gasteiger partial charge in [-0.2, -0.15) is 4.39 Å². The summed E-state index contributed by atoms with van der Waals surface area (Å²) in [5, 5.41) is 8.17. The molecule has 0 aliphatic heterocycles. The fourth-order valence-corrected chi connectivity index (χ4v) is 0.495.